The SMILES string of the molecule is COc1ccc(NC(=O)CC(=O)NCc2cccnc2)cc1. The first-order valence-corrected chi connectivity index (χ1v) is 6.77. The summed E-state index contributed by atoms with van der Waals surface area (Å²) < 4.78 is 5.03. The highest BCUT2D eigenvalue weighted by molar-refractivity contribution is 6.03. The summed E-state index contributed by atoms with van der Waals surface area (Å²) in [6.45, 7) is 0.350. The van der Waals surface area contributed by atoms with Crippen LogP contribution in [0.3, 0.4) is 0 Å². The second kappa shape index (κ2) is 7.78. The van der Waals surface area contributed by atoms with Crippen LogP contribution in [-0.2, 0) is 16.1 Å². The molecular formula is C16H17N3O3. The van der Waals surface area contributed by atoms with Gasteiger partial charge in [-0.2, -0.15) is 0 Å². The lowest BCUT2D eigenvalue weighted by molar-refractivity contribution is -0.126. The molecule has 0 saturated heterocycles. The van der Waals surface area contributed by atoms with Gasteiger partial charge in [0.15, 0.2) is 0 Å². The monoisotopic (exact) mass is 299 g/mol. The van der Waals surface area contributed by atoms with Crippen LogP contribution in [0.15, 0.2) is 48.8 Å². The first-order chi connectivity index (χ1) is 10.7. The van der Waals surface area contributed by atoms with Crippen LogP contribution in [-0.4, -0.2) is 23.9 Å². The summed E-state index contributed by atoms with van der Waals surface area (Å²) in [7, 11) is 1.57. The number of ether oxygens (including phenoxy) is 1. The summed E-state index contributed by atoms with van der Waals surface area (Å²) in [6.07, 6.45) is 3.09. The lowest BCUT2D eigenvalue weighted by Gasteiger charge is -2.07. The number of carbonyl (C=O) groups is 2. The summed E-state index contributed by atoms with van der Waals surface area (Å²) in [5.41, 5.74) is 1.50. The molecule has 2 amide bonds. The number of amides is 2. The van der Waals surface area contributed by atoms with Gasteiger partial charge in [0.2, 0.25) is 11.8 Å². The van der Waals surface area contributed by atoms with E-state index in [1.807, 2.05) is 6.07 Å². The van der Waals surface area contributed by atoms with Crippen LogP contribution < -0.4 is 15.4 Å². The van der Waals surface area contributed by atoms with Crippen LogP contribution in [0.1, 0.15) is 12.0 Å². The zero-order valence-electron chi connectivity index (χ0n) is 12.2. The average molecular weight is 299 g/mol. The van der Waals surface area contributed by atoms with Gasteiger partial charge < -0.3 is 15.4 Å². The van der Waals surface area contributed by atoms with E-state index in [0.717, 1.165) is 5.56 Å². The van der Waals surface area contributed by atoms with Crippen molar-refractivity contribution in [2.45, 2.75) is 13.0 Å². The van der Waals surface area contributed by atoms with E-state index in [-0.39, 0.29) is 18.2 Å². The molecule has 6 heteroatoms. The zero-order chi connectivity index (χ0) is 15.8. The zero-order valence-corrected chi connectivity index (χ0v) is 12.2. The second-order valence-electron chi connectivity index (χ2n) is 4.59. The van der Waals surface area contributed by atoms with E-state index in [1.54, 1.807) is 49.8 Å². The number of hydrogen-bond acceptors (Lipinski definition) is 4. The Balaban J connectivity index is 1.77. The Kier molecular flexibility index (Phi) is 5.48. The van der Waals surface area contributed by atoms with Gasteiger partial charge in [0.1, 0.15) is 12.2 Å². The normalized spacial score (nSPS) is 9.86. The number of aromatic nitrogens is 1. The topological polar surface area (TPSA) is 80.3 Å². The Labute approximate surface area is 128 Å². The summed E-state index contributed by atoms with van der Waals surface area (Å²) in [5.74, 6) is -0.00377. The van der Waals surface area contributed by atoms with Gasteiger partial charge in [0.05, 0.1) is 7.11 Å². The van der Waals surface area contributed by atoms with Gasteiger partial charge in [-0.25, -0.2) is 0 Å². The highest BCUT2D eigenvalue weighted by Gasteiger charge is 2.09. The fourth-order valence-corrected chi connectivity index (χ4v) is 1.79. The van der Waals surface area contributed by atoms with E-state index in [4.69, 9.17) is 4.74 Å². The minimum Gasteiger partial charge on any atom is -0.497 e. The maximum absolute atomic E-state index is 11.8. The predicted octanol–water partition coefficient (Wildman–Crippen LogP) is 1.74. The third kappa shape index (κ3) is 4.90. The Morgan fingerprint density at radius 3 is 2.55 bits per heavy atom. The molecule has 0 spiro atoms. The lowest BCUT2D eigenvalue weighted by Crippen LogP contribution is -2.27. The van der Waals surface area contributed by atoms with Crippen molar-refractivity contribution in [2.24, 2.45) is 0 Å². The number of nitrogens with one attached hydrogen (secondary N) is 2. The summed E-state index contributed by atoms with van der Waals surface area (Å²) >= 11 is 0. The van der Waals surface area contributed by atoms with E-state index in [1.165, 1.54) is 0 Å². The Bertz CT molecular complexity index is 627. The fraction of sp³-hybridized carbons (Fsp3) is 0.188. The lowest BCUT2D eigenvalue weighted by atomic mass is 10.2. The minimum atomic E-state index is -0.367. The summed E-state index contributed by atoms with van der Waals surface area (Å²) in [6, 6.07) is 10.5. The third-order valence-electron chi connectivity index (χ3n) is 2.91. The molecule has 0 aliphatic carbocycles. The van der Waals surface area contributed by atoms with Crippen LogP contribution in [0.4, 0.5) is 5.69 Å². The number of methoxy groups -OCH3 is 1. The first-order valence-electron chi connectivity index (χ1n) is 6.77. The molecule has 1 heterocycles. The molecule has 0 fully saturated rings. The van der Waals surface area contributed by atoms with Gasteiger partial charge in [0.25, 0.3) is 0 Å². The predicted molar refractivity (Wildman–Crippen MR) is 82.3 cm³/mol. The van der Waals surface area contributed by atoms with Crippen LogP contribution in [0.25, 0.3) is 0 Å². The largest absolute Gasteiger partial charge is 0.497 e. The summed E-state index contributed by atoms with van der Waals surface area (Å²) in [4.78, 5) is 27.4. The van der Waals surface area contributed by atoms with Crippen molar-refractivity contribution < 1.29 is 14.3 Å². The molecule has 2 aromatic rings. The number of pyridine rings is 1. The number of nitrogens with zero attached hydrogens (tertiary/aromatic N) is 1. The molecule has 1 aromatic heterocycles. The average Bonchev–Trinajstić information content (AvgIpc) is 2.54. The maximum Gasteiger partial charge on any atom is 0.233 e. The van der Waals surface area contributed by atoms with Gasteiger partial charge in [0, 0.05) is 24.6 Å². The molecular weight excluding hydrogens is 282 g/mol. The molecule has 0 unspecified atom stereocenters. The molecule has 1 aromatic carbocycles. The molecule has 0 aliphatic heterocycles. The number of anilines is 1. The van der Waals surface area contributed by atoms with Gasteiger partial charge in [-0.15, -0.1) is 0 Å². The number of benzene rings is 1. The van der Waals surface area contributed by atoms with Gasteiger partial charge in [-0.05, 0) is 35.9 Å². The van der Waals surface area contributed by atoms with Crippen molar-refractivity contribution in [1.82, 2.24) is 10.3 Å². The Morgan fingerprint density at radius 1 is 1.14 bits per heavy atom. The van der Waals surface area contributed by atoms with Crippen molar-refractivity contribution in [3.63, 3.8) is 0 Å². The van der Waals surface area contributed by atoms with Crippen molar-refractivity contribution in [1.29, 1.82) is 0 Å². The van der Waals surface area contributed by atoms with Crippen molar-refractivity contribution in [3.8, 4) is 5.75 Å². The standard InChI is InChI=1S/C16H17N3O3/c1-22-14-6-4-13(5-7-14)19-16(21)9-15(20)18-11-12-3-2-8-17-10-12/h2-8,10H,9,11H2,1H3,(H,18,20)(H,19,21). The van der Waals surface area contributed by atoms with Crippen molar-refractivity contribution in [3.05, 3.63) is 54.4 Å². The molecule has 0 saturated carbocycles. The van der Waals surface area contributed by atoms with E-state index in [9.17, 15) is 9.59 Å². The molecule has 2 rings (SSSR count). The van der Waals surface area contributed by atoms with Crippen LogP contribution in [0, 0.1) is 0 Å². The van der Waals surface area contributed by atoms with E-state index >= 15 is 0 Å². The molecule has 0 atom stereocenters. The minimum absolute atomic E-state index is 0.230. The highest BCUT2D eigenvalue weighted by atomic mass is 16.5. The maximum atomic E-state index is 11.8. The van der Waals surface area contributed by atoms with Gasteiger partial charge >= 0.3 is 0 Å². The van der Waals surface area contributed by atoms with Gasteiger partial charge in [-0.3, -0.25) is 14.6 Å². The van der Waals surface area contributed by atoms with Gasteiger partial charge in [-0.1, -0.05) is 6.07 Å². The van der Waals surface area contributed by atoms with Crippen LogP contribution in [0.2, 0.25) is 0 Å². The quantitative estimate of drug-likeness (QED) is 0.796. The van der Waals surface area contributed by atoms with E-state index in [2.05, 4.69) is 15.6 Å². The number of hydrogen-bond donors (Lipinski definition) is 2. The third-order valence-corrected chi connectivity index (χ3v) is 2.91. The first kappa shape index (κ1) is 15.5. The van der Waals surface area contributed by atoms with E-state index < -0.39 is 0 Å². The second-order valence-corrected chi connectivity index (χ2v) is 4.59. The Hall–Kier alpha value is -2.89. The van der Waals surface area contributed by atoms with Crippen molar-refractivity contribution in [2.75, 3.05) is 12.4 Å². The smallest absolute Gasteiger partial charge is 0.233 e. The van der Waals surface area contributed by atoms with Crippen LogP contribution >= 0.6 is 0 Å². The molecule has 2 N–H and O–H groups in total. The summed E-state index contributed by atoms with van der Waals surface area (Å²) in [5, 5.41) is 5.33. The highest BCUT2D eigenvalue weighted by Crippen LogP contribution is 2.15. The number of carbonyl (C=O) groups excluding carboxylic acids is 2. The number of rotatable bonds is 6. The molecule has 114 valence electrons. The molecule has 0 bridgehead atoms. The molecule has 6 nitrogen and oxygen atoms in total. The Morgan fingerprint density at radius 2 is 1.91 bits per heavy atom. The van der Waals surface area contributed by atoms with Crippen molar-refractivity contribution >= 4 is 17.5 Å². The van der Waals surface area contributed by atoms with E-state index in [0.29, 0.717) is 18.0 Å². The molecule has 22 heavy (non-hydrogen) atoms. The van der Waals surface area contributed by atoms with Crippen LogP contribution in [0.5, 0.6) is 5.75 Å². The fourth-order valence-electron chi connectivity index (χ4n) is 1.79. The molecule has 0 radical (unpaired) electrons. The molecule has 0 aliphatic rings.